The summed E-state index contributed by atoms with van der Waals surface area (Å²) in [6, 6.07) is 10.7. The summed E-state index contributed by atoms with van der Waals surface area (Å²) in [7, 11) is 0. The first kappa shape index (κ1) is 21.4. The Kier molecular flexibility index (Phi) is 9.71. The third-order valence-electron chi connectivity index (χ3n) is 4.80. The molecule has 1 aromatic carbocycles. The van der Waals surface area contributed by atoms with Gasteiger partial charge >= 0.3 is 0 Å². The Morgan fingerprint density at radius 2 is 1.88 bits per heavy atom. The van der Waals surface area contributed by atoms with Gasteiger partial charge in [0.25, 0.3) is 0 Å². The van der Waals surface area contributed by atoms with Crippen molar-refractivity contribution in [2.24, 2.45) is 10.9 Å². The fourth-order valence-electron chi connectivity index (χ4n) is 3.14. The number of piperazine rings is 1. The van der Waals surface area contributed by atoms with E-state index in [1.54, 1.807) is 0 Å². The van der Waals surface area contributed by atoms with Crippen LogP contribution in [0.4, 0.5) is 0 Å². The van der Waals surface area contributed by atoms with E-state index in [4.69, 9.17) is 9.73 Å². The molecule has 1 N–H and O–H groups in total. The van der Waals surface area contributed by atoms with Crippen LogP contribution >= 0.6 is 24.0 Å². The summed E-state index contributed by atoms with van der Waals surface area (Å²) < 4.78 is 5.70. The molecule has 1 saturated carbocycles. The largest absolute Gasteiger partial charge is 0.379 e. The van der Waals surface area contributed by atoms with Gasteiger partial charge in [-0.05, 0) is 31.2 Å². The van der Waals surface area contributed by atoms with Crippen LogP contribution in [-0.4, -0.2) is 68.2 Å². The smallest absolute Gasteiger partial charge is 0.194 e. The molecule has 146 valence electrons. The highest BCUT2D eigenvalue weighted by Crippen LogP contribution is 2.28. The second kappa shape index (κ2) is 11.8. The van der Waals surface area contributed by atoms with Crippen LogP contribution in [0.2, 0.25) is 0 Å². The summed E-state index contributed by atoms with van der Waals surface area (Å²) in [5.41, 5.74) is 1.39. The molecular weight excluding hydrogens is 439 g/mol. The fourth-order valence-corrected chi connectivity index (χ4v) is 3.14. The van der Waals surface area contributed by atoms with Gasteiger partial charge in [-0.3, -0.25) is 9.89 Å². The van der Waals surface area contributed by atoms with E-state index in [0.717, 1.165) is 70.9 Å². The molecular formula is C20H33IN4O. The molecule has 6 heteroatoms. The Bertz CT molecular complexity index is 528. The van der Waals surface area contributed by atoms with Gasteiger partial charge in [0.05, 0.1) is 13.2 Å². The number of benzene rings is 1. The van der Waals surface area contributed by atoms with Crippen LogP contribution in [0.5, 0.6) is 0 Å². The third-order valence-corrected chi connectivity index (χ3v) is 4.80. The summed E-state index contributed by atoms with van der Waals surface area (Å²) in [5.74, 6) is 1.87. The molecule has 0 radical (unpaired) electrons. The van der Waals surface area contributed by atoms with Crippen LogP contribution in [0.1, 0.15) is 25.3 Å². The molecule has 1 saturated heterocycles. The molecule has 0 unspecified atom stereocenters. The number of hydrogen-bond donors (Lipinski definition) is 1. The first-order chi connectivity index (χ1) is 12.3. The van der Waals surface area contributed by atoms with Gasteiger partial charge in [0.1, 0.15) is 0 Å². The van der Waals surface area contributed by atoms with Crippen LogP contribution in [0.25, 0.3) is 0 Å². The normalized spacial score (nSPS) is 18.5. The van der Waals surface area contributed by atoms with Crippen molar-refractivity contribution in [2.45, 2.75) is 26.3 Å². The van der Waals surface area contributed by atoms with E-state index in [1.165, 1.54) is 18.4 Å². The second-order valence-corrected chi connectivity index (χ2v) is 7.00. The van der Waals surface area contributed by atoms with Gasteiger partial charge in [0.2, 0.25) is 0 Å². The van der Waals surface area contributed by atoms with Crippen molar-refractivity contribution in [1.82, 2.24) is 15.1 Å². The zero-order valence-electron chi connectivity index (χ0n) is 15.9. The minimum absolute atomic E-state index is 0. The van der Waals surface area contributed by atoms with E-state index in [0.29, 0.717) is 0 Å². The quantitative estimate of drug-likeness (QED) is 0.274. The van der Waals surface area contributed by atoms with Gasteiger partial charge in [-0.1, -0.05) is 30.3 Å². The summed E-state index contributed by atoms with van der Waals surface area (Å²) in [6.45, 7) is 10.7. The van der Waals surface area contributed by atoms with Gasteiger partial charge in [-0.25, -0.2) is 0 Å². The molecule has 1 aliphatic heterocycles. The lowest BCUT2D eigenvalue weighted by atomic mass is 10.2. The number of rotatable bonds is 8. The molecule has 5 nitrogen and oxygen atoms in total. The molecule has 2 aliphatic rings. The van der Waals surface area contributed by atoms with Crippen LogP contribution in [-0.2, 0) is 11.3 Å². The van der Waals surface area contributed by atoms with Gasteiger partial charge in [0.15, 0.2) is 5.96 Å². The molecule has 1 heterocycles. The van der Waals surface area contributed by atoms with Crippen molar-refractivity contribution in [3.63, 3.8) is 0 Å². The van der Waals surface area contributed by atoms with E-state index in [9.17, 15) is 0 Å². The van der Waals surface area contributed by atoms with E-state index in [2.05, 4.69) is 52.4 Å². The molecule has 0 bridgehead atoms. The summed E-state index contributed by atoms with van der Waals surface area (Å²) in [5, 5.41) is 3.43. The minimum atomic E-state index is 0. The monoisotopic (exact) mass is 472 g/mol. The highest BCUT2D eigenvalue weighted by Gasteiger charge is 2.21. The van der Waals surface area contributed by atoms with Crippen molar-refractivity contribution in [1.29, 1.82) is 0 Å². The number of nitrogens with one attached hydrogen (secondary N) is 1. The number of nitrogens with zero attached hydrogens (tertiary/aromatic N) is 3. The van der Waals surface area contributed by atoms with Crippen molar-refractivity contribution < 1.29 is 4.74 Å². The predicted molar refractivity (Wildman–Crippen MR) is 118 cm³/mol. The third kappa shape index (κ3) is 7.40. The Hall–Kier alpha value is -0.860. The average molecular weight is 472 g/mol. The molecule has 2 fully saturated rings. The lowest BCUT2D eigenvalue weighted by Crippen LogP contribution is -2.52. The van der Waals surface area contributed by atoms with E-state index < -0.39 is 0 Å². The Balaban J connectivity index is 0.00000243. The van der Waals surface area contributed by atoms with Crippen LogP contribution in [0.15, 0.2) is 35.3 Å². The van der Waals surface area contributed by atoms with Gasteiger partial charge in [-0.15, -0.1) is 24.0 Å². The van der Waals surface area contributed by atoms with E-state index in [-0.39, 0.29) is 24.0 Å². The molecule has 0 aromatic heterocycles. The number of halogens is 1. The van der Waals surface area contributed by atoms with Crippen LogP contribution in [0.3, 0.4) is 0 Å². The maximum Gasteiger partial charge on any atom is 0.194 e. The topological polar surface area (TPSA) is 40.1 Å². The van der Waals surface area contributed by atoms with Crippen molar-refractivity contribution in [3.8, 4) is 0 Å². The standard InChI is InChI=1S/C20H32N4O.HI/c1-2-21-20(22-10-15-25-17-19-8-9-19)24-13-11-23(12-14-24)16-18-6-4-3-5-7-18;/h3-7,19H,2,8-17H2,1H3,(H,21,22);1H. The summed E-state index contributed by atoms with van der Waals surface area (Å²) in [6.07, 6.45) is 2.69. The van der Waals surface area contributed by atoms with Gasteiger partial charge in [-0.2, -0.15) is 0 Å². The number of ether oxygens (including phenoxy) is 1. The lowest BCUT2D eigenvalue weighted by molar-refractivity contribution is 0.131. The maximum atomic E-state index is 5.70. The second-order valence-electron chi connectivity index (χ2n) is 7.00. The number of aliphatic imine (C=N–C) groups is 1. The van der Waals surface area contributed by atoms with E-state index in [1.807, 2.05) is 0 Å². The number of guanidine groups is 1. The molecule has 3 rings (SSSR count). The Labute approximate surface area is 175 Å². The molecule has 0 amide bonds. The highest BCUT2D eigenvalue weighted by molar-refractivity contribution is 14.0. The van der Waals surface area contributed by atoms with Crippen LogP contribution < -0.4 is 5.32 Å². The number of hydrogen-bond acceptors (Lipinski definition) is 3. The first-order valence-electron chi connectivity index (χ1n) is 9.72. The lowest BCUT2D eigenvalue weighted by Gasteiger charge is -2.36. The fraction of sp³-hybridized carbons (Fsp3) is 0.650. The molecule has 1 aliphatic carbocycles. The van der Waals surface area contributed by atoms with Crippen LogP contribution in [0, 0.1) is 5.92 Å². The molecule has 1 aromatic rings. The minimum Gasteiger partial charge on any atom is -0.379 e. The predicted octanol–water partition coefficient (Wildman–Crippen LogP) is 2.81. The van der Waals surface area contributed by atoms with Gasteiger partial charge < -0.3 is 15.0 Å². The average Bonchev–Trinajstić information content (AvgIpc) is 3.47. The highest BCUT2D eigenvalue weighted by atomic mass is 127. The van der Waals surface area contributed by atoms with Gasteiger partial charge in [0, 0.05) is 45.9 Å². The van der Waals surface area contributed by atoms with E-state index >= 15 is 0 Å². The molecule has 0 spiro atoms. The molecule has 0 atom stereocenters. The zero-order valence-corrected chi connectivity index (χ0v) is 18.2. The summed E-state index contributed by atoms with van der Waals surface area (Å²) >= 11 is 0. The zero-order chi connectivity index (χ0) is 17.3. The Morgan fingerprint density at radius 3 is 2.54 bits per heavy atom. The maximum absolute atomic E-state index is 5.70. The first-order valence-corrected chi connectivity index (χ1v) is 9.72. The SMILES string of the molecule is CCNC(=NCCOCC1CC1)N1CCN(Cc2ccccc2)CC1.I. The van der Waals surface area contributed by atoms with Crippen molar-refractivity contribution in [3.05, 3.63) is 35.9 Å². The van der Waals surface area contributed by atoms with Crippen molar-refractivity contribution in [2.75, 3.05) is 52.5 Å². The molecule has 26 heavy (non-hydrogen) atoms. The summed E-state index contributed by atoms with van der Waals surface area (Å²) in [4.78, 5) is 9.65. The Morgan fingerprint density at radius 1 is 1.15 bits per heavy atom. The van der Waals surface area contributed by atoms with Crippen molar-refractivity contribution >= 4 is 29.9 Å².